The van der Waals surface area contributed by atoms with Gasteiger partial charge in [0, 0.05) is 18.4 Å². The molecule has 0 spiro atoms. The number of rotatable bonds is 3. The number of carbonyl (C=O) groups excluding carboxylic acids is 1. The van der Waals surface area contributed by atoms with Crippen LogP contribution >= 0.6 is 0 Å². The van der Waals surface area contributed by atoms with E-state index in [1.54, 1.807) is 0 Å². The maximum atomic E-state index is 12.7. The van der Waals surface area contributed by atoms with Gasteiger partial charge < -0.3 is 9.15 Å². The highest BCUT2D eigenvalue weighted by Gasteiger charge is 2.28. The molecular formula is C16H18O3. The first kappa shape index (κ1) is 12.4. The Morgan fingerprint density at radius 3 is 2.89 bits per heavy atom. The number of aryl methyl sites for hydroxylation is 1. The summed E-state index contributed by atoms with van der Waals surface area (Å²) in [7, 11) is 0. The van der Waals surface area contributed by atoms with Gasteiger partial charge >= 0.3 is 0 Å². The van der Waals surface area contributed by atoms with E-state index in [2.05, 4.69) is 0 Å². The van der Waals surface area contributed by atoms with E-state index in [-0.39, 0.29) is 11.9 Å². The molecule has 3 rings (SSSR count). The summed E-state index contributed by atoms with van der Waals surface area (Å²) < 4.78 is 11.4. The maximum absolute atomic E-state index is 12.7. The number of hydrogen-bond acceptors (Lipinski definition) is 3. The molecule has 1 saturated heterocycles. The van der Waals surface area contributed by atoms with E-state index in [4.69, 9.17) is 9.15 Å². The van der Waals surface area contributed by atoms with Crippen molar-refractivity contribution in [2.24, 2.45) is 0 Å². The SMILES string of the molecule is CCc1oc2ccccc2c1C(=O)C1CCCCO1. The lowest BCUT2D eigenvalue weighted by Crippen LogP contribution is -2.28. The van der Waals surface area contributed by atoms with Gasteiger partial charge in [-0.05, 0) is 25.3 Å². The first-order valence-electron chi connectivity index (χ1n) is 6.97. The maximum Gasteiger partial charge on any atom is 0.195 e. The molecule has 1 aromatic heterocycles. The number of carbonyl (C=O) groups is 1. The van der Waals surface area contributed by atoms with Gasteiger partial charge in [0.05, 0.1) is 5.56 Å². The molecule has 1 aromatic carbocycles. The molecule has 2 aromatic rings. The Morgan fingerprint density at radius 2 is 2.16 bits per heavy atom. The first-order valence-corrected chi connectivity index (χ1v) is 6.97. The van der Waals surface area contributed by atoms with Crippen molar-refractivity contribution in [2.45, 2.75) is 38.7 Å². The Bertz CT molecular complexity index is 591. The van der Waals surface area contributed by atoms with Crippen LogP contribution in [-0.2, 0) is 11.2 Å². The molecule has 0 amide bonds. The molecule has 0 saturated carbocycles. The van der Waals surface area contributed by atoms with E-state index in [9.17, 15) is 4.79 Å². The van der Waals surface area contributed by atoms with Gasteiger partial charge in [-0.3, -0.25) is 4.79 Å². The number of ether oxygens (including phenoxy) is 1. The van der Waals surface area contributed by atoms with Crippen molar-refractivity contribution in [1.29, 1.82) is 0 Å². The minimum atomic E-state index is -0.292. The van der Waals surface area contributed by atoms with Gasteiger partial charge in [0.15, 0.2) is 5.78 Å². The van der Waals surface area contributed by atoms with Gasteiger partial charge in [0.2, 0.25) is 0 Å². The Kier molecular flexibility index (Phi) is 3.38. The number of hydrogen-bond donors (Lipinski definition) is 0. The van der Waals surface area contributed by atoms with Gasteiger partial charge in [0.1, 0.15) is 17.4 Å². The molecule has 2 heterocycles. The molecule has 1 unspecified atom stereocenters. The minimum absolute atomic E-state index is 0.0847. The topological polar surface area (TPSA) is 39.4 Å². The quantitative estimate of drug-likeness (QED) is 0.787. The zero-order chi connectivity index (χ0) is 13.2. The smallest absolute Gasteiger partial charge is 0.195 e. The fourth-order valence-electron chi connectivity index (χ4n) is 2.72. The van der Waals surface area contributed by atoms with Crippen LogP contribution in [-0.4, -0.2) is 18.5 Å². The average molecular weight is 258 g/mol. The highest BCUT2D eigenvalue weighted by molar-refractivity contribution is 6.10. The second kappa shape index (κ2) is 5.17. The summed E-state index contributed by atoms with van der Waals surface area (Å²) >= 11 is 0. The average Bonchev–Trinajstić information content (AvgIpc) is 2.86. The molecule has 1 atom stereocenters. The molecule has 0 radical (unpaired) electrons. The number of para-hydroxylation sites is 1. The van der Waals surface area contributed by atoms with Crippen LogP contribution in [0.25, 0.3) is 11.0 Å². The number of Topliss-reactive ketones (excluding diaryl/α,β-unsaturated/α-hetero) is 1. The lowest BCUT2D eigenvalue weighted by atomic mass is 9.97. The Hall–Kier alpha value is -1.61. The summed E-state index contributed by atoms with van der Waals surface area (Å²) in [6, 6.07) is 7.73. The van der Waals surface area contributed by atoms with Crippen molar-refractivity contribution in [3.8, 4) is 0 Å². The molecule has 100 valence electrons. The van der Waals surface area contributed by atoms with Crippen molar-refractivity contribution in [3.05, 3.63) is 35.6 Å². The minimum Gasteiger partial charge on any atom is -0.460 e. The summed E-state index contributed by atoms with van der Waals surface area (Å²) in [6.07, 6.45) is 3.37. The zero-order valence-corrected chi connectivity index (χ0v) is 11.1. The van der Waals surface area contributed by atoms with E-state index in [0.717, 1.165) is 48.0 Å². The van der Waals surface area contributed by atoms with Crippen LogP contribution in [0, 0.1) is 0 Å². The fourth-order valence-corrected chi connectivity index (χ4v) is 2.72. The van der Waals surface area contributed by atoms with E-state index in [1.165, 1.54) is 0 Å². The predicted molar refractivity (Wildman–Crippen MR) is 73.5 cm³/mol. The standard InChI is InChI=1S/C16H18O3/c1-2-12-15(11-7-3-4-8-13(11)19-12)16(17)14-9-5-6-10-18-14/h3-4,7-8,14H,2,5-6,9-10H2,1H3. The second-order valence-electron chi connectivity index (χ2n) is 4.97. The van der Waals surface area contributed by atoms with Crippen LogP contribution in [0.5, 0.6) is 0 Å². The number of ketones is 1. The van der Waals surface area contributed by atoms with E-state index >= 15 is 0 Å². The van der Waals surface area contributed by atoms with Crippen LogP contribution in [0.4, 0.5) is 0 Å². The van der Waals surface area contributed by atoms with Crippen LogP contribution < -0.4 is 0 Å². The molecule has 3 heteroatoms. The summed E-state index contributed by atoms with van der Waals surface area (Å²) in [4.78, 5) is 12.7. The molecule has 0 bridgehead atoms. The number of furan rings is 1. The molecule has 3 nitrogen and oxygen atoms in total. The first-order chi connectivity index (χ1) is 9.31. The predicted octanol–water partition coefficient (Wildman–Crippen LogP) is 3.75. The number of fused-ring (bicyclic) bond motifs is 1. The monoisotopic (exact) mass is 258 g/mol. The molecule has 1 aliphatic rings. The van der Waals surface area contributed by atoms with Crippen LogP contribution in [0.3, 0.4) is 0 Å². The third-order valence-electron chi connectivity index (χ3n) is 3.71. The van der Waals surface area contributed by atoms with Crippen molar-refractivity contribution in [2.75, 3.05) is 6.61 Å². The van der Waals surface area contributed by atoms with Crippen molar-refractivity contribution < 1.29 is 13.9 Å². The summed E-state index contributed by atoms with van der Waals surface area (Å²) in [5, 5.41) is 0.915. The zero-order valence-electron chi connectivity index (χ0n) is 11.1. The summed E-state index contributed by atoms with van der Waals surface area (Å²) in [5.41, 5.74) is 1.52. The van der Waals surface area contributed by atoms with Gasteiger partial charge in [-0.25, -0.2) is 0 Å². The Labute approximate surface area is 112 Å². The molecule has 1 fully saturated rings. The largest absolute Gasteiger partial charge is 0.460 e. The van der Waals surface area contributed by atoms with Crippen LogP contribution in [0.1, 0.15) is 42.3 Å². The molecule has 1 aliphatic heterocycles. The van der Waals surface area contributed by atoms with Crippen LogP contribution in [0.2, 0.25) is 0 Å². The normalized spacial score (nSPS) is 19.7. The van der Waals surface area contributed by atoms with Crippen molar-refractivity contribution in [3.63, 3.8) is 0 Å². The number of benzene rings is 1. The van der Waals surface area contributed by atoms with Crippen molar-refractivity contribution in [1.82, 2.24) is 0 Å². The molecule has 19 heavy (non-hydrogen) atoms. The highest BCUT2D eigenvalue weighted by atomic mass is 16.5. The highest BCUT2D eigenvalue weighted by Crippen LogP contribution is 2.29. The Morgan fingerprint density at radius 1 is 1.32 bits per heavy atom. The van der Waals surface area contributed by atoms with E-state index < -0.39 is 0 Å². The van der Waals surface area contributed by atoms with E-state index in [0.29, 0.717) is 6.61 Å². The lowest BCUT2D eigenvalue weighted by molar-refractivity contribution is 0.0186. The van der Waals surface area contributed by atoms with Gasteiger partial charge in [-0.1, -0.05) is 25.1 Å². The molecule has 0 aliphatic carbocycles. The van der Waals surface area contributed by atoms with Crippen LogP contribution in [0.15, 0.2) is 28.7 Å². The van der Waals surface area contributed by atoms with Gasteiger partial charge in [-0.15, -0.1) is 0 Å². The van der Waals surface area contributed by atoms with E-state index in [1.807, 2.05) is 31.2 Å². The van der Waals surface area contributed by atoms with Crippen molar-refractivity contribution >= 4 is 16.8 Å². The van der Waals surface area contributed by atoms with Gasteiger partial charge in [0.25, 0.3) is 0 Å². The second-order valence-corrected chi connectivity index (χ2v) is 4.97. The summed E-state index contributed by atoms with van der Waals surface area (Å²) in [5.74, 6) is 0.863. The van der Waals surface area contributed by atoms with Gasteiger partial charge in [-0.2, -0.15) is 0 Å². The lowest BCUT2D eigenvalue weighted by Gasteiger charge is -2.21. The fraction of sp³-hybridized carbons (Fsp3) is 0.438. The third kappa shape index (κ3) is 2.19. The Balaban J connectivity index is 2.04. The molecular weight excluding hydrogens is 240 g/mol. The third-order valence-corrected chi connectivity index (χ3v) is 3.71. The molecule has 0 N–H and O–H groups in total. The summed E-state index contributed by atoms with van der Waals surface area (Å²) in [6.45, 7) is 2.70.